The van der Waals surface area contributed by atoms with Gasteiger partial charge in [-0.25, -0.2) is 4.79 Å². The van der Waals surface area contributed by atoms with Crippen LogP contribution in [0.4, 0.5) is 0 Å². The number of aliphatic hydroxyl groups excluding tert-OH is 1. The van der Waals surface area contributed by atoms with Crippen LogP contribution in [0.3, 0.4) is 0 Å². The number of aromatic carboxylic acids is 1. The molecule has 0 spiro atoms. The van der Waals surface area contributed by atoms with E-state index in [0.29, 0.717) is 18.7 Å². The second-order valence-electron chi connectivity index (χ2n) is 3.78. The van der Waals surface area contributed by atoms with Gasteiger partial charge in [-0.15, -0.1) is 0 Å². The molecule has 2 aromatic heterocycles. The standard InChI is InChI=1S/C12H13NO4S/c14-10(9-2-4-18-7-9)6-13-5-8-1-3-17-11(8)12(15)16/h1-4,7,10,13-14H,5-6H2,(H,15,16). The Bertz CT molecular complexity index is 506. The van der Waals surface area contributed by atoms with Crippen molar-refractivity contribution in [1.29, 1.82) is 0 Å². The number of furan rings is 1. The smallest absolute Gasteiger partial charge is 0.372 e. The summed E-state index contributed by atoms with van der Waals surface area (Å²) in [5, 5.41) is 25.4. The zero-order valence-electron chi connectivity index (χ0n) is 9.50. The molecule has 0 saturated heterocycles. The van der Waals surface area contributed by atoms with E-state index in [0.717, 1.165) is 5.56 Å². The molecule has 18 heavy (non-hydrogen) atoms. The Hall–Kier alpha value is -1.63. The molecule has 0 aliphatic heterocycles. The Balaban J connectivity index is 1.85. The largest absolute Gasteiger partial charge is 0.475 e. The average Bonchev–Trinajstić information content (AvgIpc) is 2.99. The third kappa shape index (κ3) is 2.98. The van der Waals surface area contributed by atoms with Crippen LogP contribution in [0, 0.1) is 0 Å². The minimum atomic E-state index is -1.09. The van der Waals surface area contributed by atoms with E-state index < -0.39 is 12.1 Å². The fourth-order valence-corrected chi connectivity index (χ4v) is 2.30. The van der Waals surface area contributed by atoms with Crippen molar-refractivity contribution in [3.63, 3.8) is 0 Å². The Kier molecular flexibility index (Phi) is 4.14. The van der Waals surface area contributed by atoms with Crippen molar-refractivity contribution in [2.75, 3.05) is 6.54 Å². The van der Waals surface area contributed by atoms with E-state index in [-0.39, 0.29) is 5.76 Å². The van der Waals surface area contributed by atoms with Gasteiger partial charge in [-0.2, -0.15) is 11.3 Å². The molecule has 0 aliphatic carbocycles. The van der Waals surface area contributed by atoms with Gasteiger partial charge < -0.3 is 19.9 Å². The lowest BCUT2D eigenvalue weighted by atomic mass is 10.2. The van der Waals surface area contributed by atoms with Gasteiger partial charge in [0.2, 0.25) is 5.76 Å². The summed E-state index contributed by atoms with van der Waals surface area (Å²) in [6, 6.07) is 3.46. The maximum atomic E-state index is 10.8. The molecule has 1 unspecified atom stereocenters. The number of hydrogen-bond donors (Lipinski definition) is 3. The summed E-state index contributed by atoms with van der Waals surface area (Å²) in [7, 11) is 0. The van der Waals surface area contributed by atoms with Gasteiger partial charge in [0.15, 0.2) is 0 Å². The highest BCUT2D eigenvalue weighted by atomic mass is 32.1. The van der Waals surface area contributed by atoms with Crippen molar-refractivity contribution in [2.45, 2.75) is 12.6 Å². The molecule has 0 fully saturated rings. The summed E-state index contributed by atoms with van der Waals surface area (Å²) < 4.78 is 4.86. The summed E-state index contributed by atoms with van der Waals surface area (Å²) in [6.07, 6.45) is 0.756. The van der Waals surface area contributed by atoms with Crippen LogP contribution in [0.2, 0.25) is 0 Å². The van der Waals surface area contributed by atoms with Crippen molar-refractivity contribution in [1.82, 2.24) is 5.32 Å². The Morgan fingerprint density at radius 3 is 3.00 bits per heavy atom. The molecule has 0 aliphatic rings. The van der Waals surface area contributed by atoms with Crippen molar-refractivity contribution < 1.29 is 19.4 Å². The summed E-state index contributed by atoms with van der Waals surface area (Å²) in [6.45, 7) is 0.709. The van der Waals surface area contributed by atoms with Crippen molar-refractivity contribution in [3.05, 3.63) is 46.0 Å². The third-order valence-electron chi connectivity index (χ3n) is 2.52. The van der Waals surface area contributed by atoms with Crippen LogP contribution >= 0.6 is 11.3 Å². The highest BCUT2D eigenvalue weighted by Gasteiger charge is 2.14. The predicted octanol–water partition coefficient (Wildman–Crippen LogP) is 1.86. The minimum Gasteiger partial charge on any atom is -0.475 e. The topological polar surface area (TPSA) is 82.7 Å². The van der Waals surface area contributed by atoms with Crippen molar-refractivity contribution in [3.8, 4) is 0 Å². The van der Waals surface area contributed by atoms with Gasteiger partial charge in [0.1, 0.15) is 0 Å². The van der Waals surface area contributed by atoms with E-state index >= 15 is 0 Å². The van der Waals surface area contributed by atoms with E-state index in [1.807, 2.05) is 16.8 Å². The zero-order chi connectivity index (χ0) is 13.0. The summed E-state index contributed by atoms with van der Waals surface area (Å²) in [5.74, 6) is -1.15. The summed E-state index contributed by atoms with van der Waals surface area (Å²) in [5.41, 5.74) is 1.43. The summed E-state index contributed by atoms with van der Waals surface area (Å²) >= 11 is 1.53. The van der Waals surface area contributed by atoms with Crippen LogP contribution in [0.25, 0.3) is 0 Å². The molecule has 2 heterocycles. The number of thiophene rings is 1. The molecule has 0 saturated carbocycles. The molecule has 1 atom stereocenters. The van der Waals surface area contributed by atoms with Gasteiger partial charge in [-0.05, 0) is 28.5 Å². The van der Waals surface area contributed by atoms with Crippen LogP contribution in [0.5, 0.6) is 0 Å². The SMILES string of the molecule is O=C(O)c1occc1CNCC(O)c1ccsc1. The number of carboxylic acid groups (broad SMARTS) is 1. The van der Waals surface area contributed by atoms with E-state index in [9.17, 15) is 9.90 Å². The maximum absolute atomic E-state index is 10.8. The van der Waals surface area contributed by atoms with Gasteiger partial charge in [-0.1, -0.05) is 0 Å². The molecule has 2 aromatic rings. The normalized spacial score (nSPS) is 12.5. The molecule has 3 N–H and O–H groups in total. The molecule has 5 nitrogen and oxygen atoms in total. The molecule has 0 aromatic carbocycles. The lowest BCUT2D eigenvalue weighted by molar-refractivity contribution is 0.0660. The van der Waals surface area contributed by atoms with Gasteiger partial charge in [0, 0.05) is 18.7 Å². The first-order valence-corrected chi connectivity index (χ1v) is 6.33. The van der Waals surface area contributed by atoms with Crippen LogP contribution in [-0.4, -0.2) is 22.7 Å². The Morgan fingerprint density at radius 1 is 1.50 bits per heavy atom. The summed E-state index contributed by atoms with van der Waals surface area (Å²) in [4.78, 5) is 10.8. The average molecular weight is 267 g/mol. The van der Waals surface area contributed by atoms with E-state index in [1.54, 1.807) is 6.07 Å². The molecule has 6 heteroatoms. The second-order valence-corrected chi connectivity index (χ2v) is 4.56. The van der Waals surface area contributed by atoms with Crippen LogP contribution in [0.15, 0.2) is 33.6 Å². The molecular formula is C12H13NO4S. The molecule has 2 rings (SSSR count). The fourth-order valence-electron chi connectivity index (χ4n) is 1.59. The van der Waals surface area contributed by atoms with Gasteiger partial charge in [0.05, 0.1) is 12.4 Å². The number of hydrogen-bond acceptors (Lipinski definition) is 5. The van der Waals surface area contributed by atoms with Crippen molar-refractivity contribution in [2.24, 2.45) is 0 Å². The maximum Gasteiger partial charge on any atom is 0.372 e. The Morgan fingerprint density at radius 2 is 2.33 bits per heavy atom. The number of carboxylic acids is 1. The highest BCUT2D eigenvalue weighted by molar-refractivity contribution is 7.07. The minimum absolute atomic E-state index is 0.0625. The van der Waals surface area contributed by atoms with E-state index in [2.05, 4.69) is 5.32 Å². The number of aliphatic hydroxyl groups is 1. The second kappa shape index (κ2) is 5.81. The van der Waals surface area contributed by atoms with Gasteiger partial charge in [-0.3, -0.25) is 0 Å². The first-order valence-electron chi connectivity index (χ1n) is 5.39. The lowest BCUT2D eigenvalue weighted by Gasteiger charge is -2.09. The van der Waals surface area contributed by atoms with E-state index in [1.165, 1.54) is 17.6 Å². The first kappa shape index (κ1) is 12.8. The predicted molar refractivity (Wildman–Crippen MR) is 66.7 cm³/mol. The molecule has 0 amide bonds. The molecule has 0 radical (unpaired) electrons. The highest BCUT2D eigenvalue weighted by Crippen LogP contribution is 2.16. The zero-order valence-corrected chi connectivity index (χ0v) is 10.3. The molecule has 96 valence electrons. The number of carbonyl (C=O) groups is 1. The first-order chi connectivity index (χ1) is 8.68. The van der Waals surface area contributed by atoms with Crippen LogP contribution in [0.1, 0.15) is 27.8 Å². The fraction of sp³-hybridized carbons (Fsp3) is 0.250. The van der Waals surface area contributed by atoms with Crippen LogP contribution < -0.4 is 5.32 Å². The molecular weight excluding hydrogens is 254 g/mol. The van der Waals surface area contributed by atoms with Crippen LogP contribution in [-0.2, 0) is 6.54 Å². The lowest BCUT2D eigenvalue weighted by Crippen LogP contribution is -2.21. The number of nitrogens with one attached hydrogen (secondary N) is 1. The Labute approximate surface area is 108 Å². The van der Waals surface area contributed by atoms with E-state index in [4.69, 9.17) is 9.52 Å². The van der Waals surface area contributed by atoms with Crippen molar-refractivity contribution >= 4 is 17.3 Å². The number of rotatable bonds is 6. The molecule has 0 bridgehead atoms. The monoisotopic (exact) mass is 267 g/mol. The van der Waals surface area contributed by atoms with Gasteiger partial charge in [0.25, 0.3) is 0 Å². The quantitative estimate of drug-likeness (QED) is 0.744. The third-order valence-corrected chi connectivity index (χ3v) is 3.22. The van der Waals surface area contributed by atoms with Gasteiger partial charge >= 0.3 is 5.97 Å².